The van der Waals surface area contributed by atoms with Gasteiger partial charge in [-0.1, -0.05) is 18.3 Å². The number of anilines is 2. The van der Waals surface area contributed by atoms with Gasteiger partial charge in [-0.15, -0.1) is 0 Å². The average Bonchev–Trinajstić information content (AvgIpc) is 3.20. The zero-order chi connectivity index (χ0) is 15.0. The number of thiazole rings is 1. The molecule has 1 aromatic rings. The third kappa shape index (κ3) is 3.31. The smallest absolute Gasteiger partial charge is 0.267 e. The topological polar surface area (TPSA) is 71.2 Å². The third-order valence-electron chi connectivity index (χ3n) is 4.61. The van der Waals surface area contributed by atoms with Crippen LogP contribution in [0.1, 0.15) is 55.1 Å². The van der Waals surface area contributed by atoms with E-state index in [-0.39, 0.29) is 5.91 Å². The molecular formula is C15H24N4OS. The van der Waals surface area contributed by atoms with E-state index in [4.69, 9.17) is 5.73 Å². The molecule has 2 aliphatic rings. The third-order valence-corrected chi connectivity index (χ3v) is 5.60. The van der Waals surface area contributed by atoms with E-state index in [1.54, 1.807) is 0 Å². The first-order valence-electron chi connectivity index (χ1n) is 7.84. The molecule has 0 aliphatic heterocycles. The quantitative estimate of drug-likeness (QED) is 0.897. The van der Waals surface area contributed by atoms with Crippen LogP contribution >= 0.6 is 11.3 Å². The summed E-state index contributed by atoms with van der Waals surface area (Å²) >= 11 is 1.39. The Hall–Kier alpha value is -1.30. The number of carbonyl (C=O) groups excluding carboxylic acids is 1. The second kappa shape index (κ2) is 5.83. The summed E-state index contributed by atoms with van der Waals surface area (Å²) in [7, 11) is 1.90. The number of amides is 1. The minimum atomic E-state index is 0.0217. The number of hydrogen-bond acceptors (Lipinski definition) is 5. The second-order valence-electron chi connectivity index (χ2n) is 6.48. The molecule has 0 bridgehead atoms. The normalized spacial score (nSPS) is 25.6. The van der Waals surface area contributed by atoms with Gasteiger partial charge in [0.15, 0.2) is 5.13 Å². The highest BCUT2D eigenvalue weighted by molar-refractivity contribution is 7.18. The van der Waals surface area contributed by atoms with Gasteiger partial charge in [0.25, 0.3) is 5.91 Å². The molecule has 0 radical (unpaired) electrons. The van der Waals surface area contributed by atoms with Gasteiger partial charge in [-0.25, -0.2) is 4.98 Å². The lowest BCUT2D eigenvalue weighted by Gasteiger charge is -2.33. The van der Waals surface area contributed by atoms with Crippen LogP contribution in [0.3, 0.4) is 0 Å². The first kappa shape index (κ1) is 14.6. The highest BCUT2D eigenvalue weighted by Gasteiger charge is 2.29. The Morgan fingerprint density at radius 1 is 1.29 bits per heavy atom. The van der Waals surface area contributed by atoms with Gasteiger partial charge in [0.1, 0.15) is 10.7 Å². The van der Waals surface area contributed by atoms with Crippen LogP contribution in [0.15, 0.2) is 0 Å². The first-order chi connectivity index (χ1) is 10.0. The number of nitrogens with two attached hydrogens (primary N) is 1. The monoisotopic (exact) mass is 308 g/mol. The molecule has 21 heavy (non-hydrogen) atoms. The lowest BCUT2D eigenvalue weighted by Crippen LogP contribution is -2.39. The van der Waals surface area contributed by atoms with Crippen molar-refractivity contribution in [3.05, 3.63) is 4.88 Å². The molecule has 0 spiro atoms. The van der Waals surface area contributed by atoms with Gasteiger partial charge in [0, 0.05) is 19.1 Å². The van der Waals surface area contributed by atoms with Crippen LogP contribution in [0.25, 0.3) is 0 Å². The van der Waals surface area contributed by atoms with Crippen LogP contribution in [0.4, 0.5) is 10.9 Å². The molecule has 1 amide bonds. The van der Waals surface area contributed by atoms with Gasteiger partial charge in [-0.2, -0.15) is 0 Å². The summed E-state index contributed by atoms with van der Waals surface area (Å²) in [5, 5.41) is 4.09. The molecule has 6 heteroatoms. The molecular weight excluding hydrogens is 284 g/mol. The van der Waals surface area contributed by atoms with Crippen molar-refractivity contribution in [2.24, 2.45) is 5.92 Å². The Morgan fingerprint density at radius 3 is 2.57 bits per heavy atom. The molecule has 0 aromatic carbocycles. The second-order valence-corrected chi connectivity index (χ2v) is 7.48. The molecule has 0 atom stereocenters. The molecule has 3 N–H and O–H groups in total. The summed E-state index contributed by atoms with van der Waals surface area (Å²) in [5.74, 6) is 1.17. The number of carbonyl (C=O) groups is 1. The number of nitrogens with zero attached hydrogens (tertiary/aromatic N) is 2. The fraction of sp³-hybridized carbons (Fsp3) is 0.733. The van der Waals surface area contributed by atoms with Crippen molar-refractivity contribution in [3.8, 4) is 0 Å². The molecule has 2 saturated carbocycles. The fourth-order valence-electron chi connectivity index (χ4n) is 2.90. The number of rotatable bonds is 4. The van der Waals surface area contributed by atoms with Crippen LogP contribution in [0, 0.1) is 5.92 Å². The van der Waals surface area contributed by atoms with Crippen molar-refractivity contribution in [1.82, 2.24) is 9.88 Å². The van der Waals surface area contributed by atoms with Crippen molar-refractivity contribution in [3.63, 3.8) is 0 Å². The van der Waals surface area contributed by atoms with Gasteiger partial charge in [0.2, 0.25) is 0 Å². The maximum atomic E-state index is 12.6. The van der Waals surface area contributed by atoms with Gasteiger partial charge in [-0.3, -0.25) is 4.79 Å². The standard InChI is InChI=1S/C15H24N4OS/c1-9-3-7-11(8-4-9)19(2)14(20)12-13(16)18-15(21-12)17-10-5-6-10/h9-11H,3-8,16H2,1-2H3,(H,17,18). The van der Waals surface area contributed by atoms with Crippen molar-refractivity contribution in [2.45, 2.75) is 57.5 Å². The maximum absolute atomic E-state index is 12.6. The van der Waals surface area contributed by atoms with E-state index in [0.717, 1.165) is 23.9 Å². The van der Waals surface area contributed by atoms with Crippen LogP contribution < -0.4 is 11.1 Å². The summed E-state index contributed by atoms with van der Waals surface area (Å²) in [6.07, 6.45) is 6.96. The molecule has 3 rings (SSSR count). The predicted octanol–water partition coefficient (Wildman–Crippen LogP) is 2.95. The molecule has 5 nitrogen and oxygen atoms in total. The largest absolute Gasteiger partial charge is 0.382 e. The van der Waals surface area contributed by atoms with E-state index in [9.17, 15) is 4.79 Å². The molecule has 1 aromatic heterocycles. The molecule has 116 valence electrons. The Kier molecular flexibility index (Phi) is 4.06. The van der Waals surface area contributed by atoms with E-state index in [0.29, 0.717) is 22.8 Å². The molecule has 0 saturated heterocycles. The van der Waals surface area contributed by atoms with Gasteiger partial charge >= 0.3 is 0 Å². The van der Waals surface area contributed by atoms with Crippen molar-refractivity contribution in [2.75, 3.05) is 18.1 Å². The Balaban J connectivity index is 1.67. The van der Waals surface area contributed by atoms with Crippen LogP contribution in [0.2, 0.25) is 0 Å². The number of nitrogens with one attached hydrogen (secondary N) is 1. The summed E-state index contributed by atoms with van der Waals surface area (Å²) in [6, 6.07) is 0.867. The van der Waals surface area contributed by atoms with E-state index >= 15 is 0 Å². The zero-order valence-electron chi connectivity index (χ0n) is 12.8. The summed E-state index contributed by atoms with van der Waals surface area (Å²) in [5.41, 5.74) is 5.94. The molecule has 2 aliphatic carbocycles. The average molecular weight is 308 g/mol. The summed E-state index contributed by atoms with van der Waals surface area (Å²) in [6.45, 7) is 2.29. The van der Waals surface area contributed by atoms with Crippen LogP contribution in [0.5, 0.6) is 0 Å². The summed E-state index contributed by atoms with van der Waals surface area (Å²) < 4.78 is 0. The molecule has 1 heterocycles. The van der Waals surface area contributed by atoms with E-state index < -0.39 is 0 Å². The van der Waals surface area contributed by atoms with Gasteiger partial charge in [-0.05, 0) is 44.4 Å². The molecule has 2 fully saturated rings. The van der Waals surface area contributed by atoms with E-state index in [2.05, 4.69) is 17.2 Å². The van der Waals surface area contributed by atoms with Crippen LogP contribution in [-0.2, 0) is 0 Å². The maximum Gasteiger partial charge on any atom is 0.267 e. The SMILES string of the molecule is CC1CCC(N(C)C(=O)c2sc(NC3CC3)nc2N)CC1. The predicted molar refractivity (Wildman–Crippen MR) is 86.7 cm³/mol. The minimum Gasteiger partial charge on any atom is -0.382 e. The number of nitrogen functional groups attached to an aromatic ring is 1. The van der Waals surface area contributed by atoms with Crippen molar-refractivity contribution >= 4 is 28.2 Å². The highest BCUT2D eigenvalue weighted by atomic mass is 32.1. The number of aromatic nitrogens is 1. The Labute approximate surface area is 129 Å². The lowest BCUT2D eigenvalue weighted by molar-refractivity contribution is 0.0685. The number of hydrogen-bond donors (Lipinski definition) is 2. The summed E-state index contributed by atoms with van der Waals surface area (Å²) in [4.78, 5) is 19.4. The van der Waals surface area contributed by atoms with Crippen molar-refractivity contribution in [1.29, 1.82) is 0 Å². The van der Waals surface area contributed by atoms with Gasteiger partial charge in [0.05, 0.1) is 0 Å². The van der Waals surface area contributed by atoms with E-state index in [1.165, 1.54) is 37.0 Å². The highest BCUT2D eigenvalue weighted by Crippen LogP contribution is 2.33. The van der Waals surface area contributed by atoms with E-state index in [1.807, 2.05) is 11.9 Å². The Bertz CT molecular complexity index is 518. The first-order valence-corrected chi connectivity index (χ1v) is 8.66. The minimum absolute atomic E-state index is 0.0217. The lowest BCUT2D eigenvalue weighted by atomic mass is 9.87. The fourth-order valence-corrected chi connectivity index (χ4v) is 3.85. The van der Waals surface area contributed by atoms with Crippen molar-refractivity contribution < 1.29 is 4.79 Å². The van der Waals surface area contributed by atoms with Gasteiger partial charge < -0.3 is 16.0 Å². The van der Waals surface area contributed by atoms with Crippen LogP contribution in [-0.4, -0.2) is 34.9 Å². The zero-order valence-corrected chi connectivity index (χ0v) is 13.6. The Morgan fingerprint density at radius 2 is 1.95 bits per heavy atom. The molecule has 0 unspecified atom stereocenters.